The van der Waals surface area contributed by atoms with Crippen LogP contribution in [0.4, 0.5) is 0 Å². The standard InChI is InChI=1S/C8H17.3C3H4O2.Sn.H/c1-4-6-7-8(3)5-2;3*1-2-3(4)5;;/h8H,3-7H2,1-2H3;3*2H,1H2,(H,4,5);;. The Bertz CT molecular complexity index is 319. The van der Waals surface area contributed by atoms with Crippen LogP contribution < -0.4 is 0 Å². The number of carboxylic acid groups (broad SMARTS) is 3. The molecule has 6 nitrogen and oxygen atoms in total. The average molecular weight is 449 g/mol. The number of unbranched alkanes of at least 4 members (excludes halogenated alkanes) is 1. The van der Waals surface area contributed by atoms with E-state index in [-0.39, 0.29) is 0 Å². The molecule has 0 fully saturated rings. The van der Waals surface area contributed by atoms with E-state index >= 15 is 0 Å². The molecule has 1 unspecified atom stereocenters. The van der Waals surface area contributed by atoms with E-state index in [1.54, 1.807) is 0 Å². The van der Waals surface area contributed by atoms with E-state index in [2.05, 4.69) is 33.6 Å². The van der Waals surface area contributed by atoms with Crippen molar-refractivity contribution in [3.63, 3.8) is 0 Å². The normalized spacial score (nSPS) is 9.12. The van der Waals surface area contributed by atoms with Crippen LogP contribution in [0.15, 0.2) is 38.0 Å². The van der Waals surface area contributed by atoms with Gasteiger partial charge in [-0.05, 0) is 0 Å². The summed E-state index contributed by atoms with van der Waals surface area (Å²) >= 11 is 1.46. The van der Waals surface area contributed by atoms with E-state index in [0.29, 0.717) is 0 Å². The Kier molecular flexibility index (Phi) is 33.3. The predicted octanol–water partition coefficient (Wildman–Crippen LogP) is 3.29. The van der Waals surface area contributed by atoms with Gasteiger partial charge in [0, 0.05) is 18.2 Å². The molecule has 2 radical (unpaired) electrons. The summed E-state index contributed by atoms with van der Waals surface area (Å²) in [7, 11) is 0. The van der Waals surface area contributed by atoms with Crippen molar-refractivity contribution in [3.8, 4) is 0 Å². The molecule has 0 saturated heterocycles. The van der Waals surface area contributed by atoms with Gasteiger partial charge >= 0.3 is 90.3 Å². The molecule has 0 rings (SSSR count). The SMILES string of the molecule is C=CC(=O)O.C=CC(=O)O.C=CC(=O)O.CCCCC(CC)[CH2][SnH]. The second-order valence-electron chi connectivity index (χ2n) is 4.28. The molecule has 0 aliphatic heterocycles. The molecule has 7 heteroatoms. The molecule has 0 amide bonds. The van der Waals surface area contributed by atoms with E-state index in [1.807, 2.05) is 0 Å². The monoisotopic (exact) mass is 450 g/mol. The first-order chi connectivity index (χ1) is 11.2. The van der Waals surface area contributed by atoms with Crippen LogP contribution in [0.2, 0.25) is 4.44 Å². The zero-order chi connectivity index (χ0) is 20.0. The van der Waals surface area contributed by atoms with E-state index in [0.717, 1.165) is 24.1 Å². The first-order valence-corrected chi connectivity index (χ1v) is 9.75. The zero-order valence-electron chi connectivity index (χ0n) is 14.6. The summed E-state index contributed by atoms with van der Waals surface area (Å²) in [6.07, 6.45) is 8.20. The van der Waals surface area contributed by atoms with Crippen molar-refractivity contribution in [2.24, 2.45) is 5.92 Å². The van der Waals surface area contributed by atoms with Gasteiger partial charge in [-0.15, -0.1) is 0 Å². The molecular weight excluding hydrogens is 419 g/mol. The molecule has 0 aromatic rings. The third-order valence-corrected chi connectivity index (χ3v) is 4.30. The van der Waals surface area contributed by atoms with Gasteiger partial charge in [0.2, 0.25) is 0 Å². The molecular formula is C17H30O6Sn. The number of carbonyl (C=O) groups is 3. The molecule has 0 bridgehead atoms. The van der Waals surface area contributed by atoms with Gasteiger partial charge in [0.15, 0.2) is 0 Å². The van der Waals surface area contributed by atoms with Crippen molar-refractivity contribution in [1.82, 2.24) is 0 Å². The van der Waals surface area contributed by atoms with E-state index in [1.165, 1.54) is 52.6 Å². The van der Waals surface area contributed by atoms with Crippen molar-refractivity contribution < 1.29 is 29.7 Å². The average Bonchev–Trinajstić information content (AvgIpc) is 2.57. The van der Waals surface area contributed by atoms with Gasteiger partial charge in [-0.3, -0.25) is 0 Å². The number of hydrogen-bond acceptors (Lipinski definition) is 3. The summed E-state index contributed by atoms with van der Waals surface area (Å²) < 4.78 is 1.50. The Balaban J connectivity index is -0.000000116. The number of rotatable bonds is 8. The van der Waals surface area contributed by atoms with Gasteiger partial charge in [0.25, 0.3) is 0 Å². The van der Waals surface area contributed by atoms with Gasteiger partial charge in [0.05, 0.1) is 0 Å². The summed E-state index contributed by atoms with van der Waals surface area (Å²) in [4.78, 5) is 27.8. The van der Waals surface area contributed by atoms with Gasteiger partial charge in [-0.2, -0.15) is 0 Å². The van der Waals surface area contributed by atoms with Gasteiger partial charge < -0.3 is 15.3 Å². The fourth-order valence-electron chi connectivity index (χ4n) is 0.981. The Morgan fingerprint density at radius 3 is 1.33 bits per heavy atom. The Morgan fingerprint density at radius 1 is 0.917 bits per heavy atom. The second-order valence-corrected chi connectivity index (χ2v) is 5.62. The Hall–Kier alpha value is -1.57. The van der Waals surface area contributed by atoms with E-state index in [4.69, 9.17) is 15.3 Å². The third kappa shape index (κ3) is 49.9. The van der Waals surface area contributed by atoms with Crippen LogP contribution in [-0.4, -0.2) is 55.8 Å². The van der Waals surface area contributed by atoms with Crippen LogP contribution in [0, 0.1) is 5.92 Å². The molecule has 0 aromatic heterocycles. The minimum absolute atomic E-state index is 0.833. The predicted molar refractivity (Wildman–Crippen MR) is 98.8 cm³/mol. The molecule has 0 aromatic carbocycles. The number of aliphatic carboxylic acids is 3. The molecule has 3 N–H and O–H groups in total. The summed E-state index contributed by atoms with van der Waals surface area (Å²) in [6, 6.07) is 0. The third-order valence-electron chi connectivity index (χ3n) is 2.40. The van der Waals surface area contributed by atoms with Crippen LogP contribution in [0.25, 0.3) is 0 Å². The topological polar surface area (TPSA) is 112 Å². The molecule has 0 aliphatic carbocycles. The summed E-state index contributed by atoms with van der Waals surface area (Å²) in [5.74, 6) is -1.88. The fraction of sp³-hybridized carbons (Fsp3) is 0.471. The fourth-order valence-corrected chi connectivity index (χ4v) is 2.61. The Labute approximate surface area is 158 Å². The molecule has 24 heavy (non-hydrogen) atoms. The van der Waals surface area contributed by atoms with Gasteiger partial charge in [-0.25, -0.2) is 14.4 Å². The van der Waals surface area contributed by atoms with Gasteiger partial charge in [0.1, 0.15) is 0 Å². The number of carboxylic acids is 3. The van der Waals surface area contributed by atoms with Crippen LogP contribution in [-0.2, 0) is 14.4 Å². The van der Waals surface area contributed by atoms with Crippen molar-refractivity contribution >= 4 is 40.4 Å². The summed E-state index contributed by atoms with van der Waals surface area (Å²) in [5.41, 5.74) is 0. The molecule has 0 heterocycles. The van der Waals surface area contributed by atoms with Crippen molar-refractivity contribution in [3.05, 3.63) is 38.0 Å². The molecule has 0 spiro atoms. The molecule has 0 aliphatic rings. The quantitative estimate of drug-likeness (QED) is 0.388. The van der Waals surface area contributed by atoms with Crippen molar-refractivity contribution in [2.75, 3.05) is 0 Å². The maximum absolute atomic E-state index is 9.25. The van der Waals surface area contributed by atoms with Crippen LogP contribution >= 0.6 is 0 Å². The second kappa shape index (κ2) is 26.3. The van der Waals surface area contributed by atoms with Crippen molar-refractivity contribution in [2.45, 2.75) is 44.0 Å². The van der Waals surface area contributed by atoms with Gasteiger partial charge in [-0.1, -0.05) is 19.7 Å². The summed E-state index contributed by atoms with van der Waals surface area (Å²) in [6.45, 7) is 13.5. The van der Waals surface area contributed by atoms with Crippen LogP contribution in [0.1, 0.15) is 39.5 Å². The Morgan fingerprint density at radius 2 is 1.21 bits per heavy atom. The molecule has 138 valence electrons. The molecule has 1 atom stereocenters. The van der Waals surface area contributed by atoms with Crippen molar-refractivity contribution in [1.29, 1.82) is 0 Å². The minimum atomic E-state index is -0.981. The summed E-state index contributed by atoms with van der Waals surface area (Å²) in [5, 5.41) is 22.8. The maximum atomic E-state index is 9.25. The first-order valence-electron chi connectivity index (χ1n) is 7.42. The zero-order valence-corrected chi connectivity index (χ0v) is 17.9. The first kappa shape index (κ1) is 30.3. The number of hydrogen-bond donors (Lipinski definition) is 3. The van der Waals surface area contributed by atoms with E-state index in [9.17, 15) is 14.4 Å². The van der Waals surface area contributed by atoms with E-state index < -0.39 is 17.9 Å². The molecule has 0 saturated carbocycles. The van der Waals surface area contributed by atoms with Crippen LogP contribution in [0.3, 0.4) is 0 Å². The van der Waals surface area contributed by atoms with Crippen LogP contribution in [0.5, 0.6) is 0 Å².